The van der Waals surface area contributed by atoms with Crippen molar-refractivity contribution < 1.29 is 19.1 Å². The van der Waals surface area contributed by atoms with Gasteiger partial charge in [0.05, 0.1) is 28.8 Å². The van der Waals surface area contributed by atoms with E-state index >= 15 is 0 Å². The van der Waals surface area contributed by atoms with Crippen LogP contribution in [0.3, 0.4) is 0 Å². The van der Waals surface area contributed by atoms with Gasteiger partial charge in [-0.15, -0.1) is 0 Å². The number of ether oxygens (including phenoxy) is 2. The molecule has 0 aliphatic heterocycles. The number of carbonyl (C=O) groups excluding carboxylic acids is 2. The summed E-state index contributed by atoms with van der Waals surface area (Å²) < 4.78 is 15.0. The molecule has 39 heavy (non-hydrogen) atoms. The van der Waals surface area contributed by atoms with Gasteiger partial charge in [-0.25, -0.2) is 4.79 Å². The number of nitrogens with one attached hydrogen (secondary N) is 1. The summed E-state index contributed by atoms with van der Waals surface area (Å²) in [5.41, 5.74) is 5.04. The van der Waals surface area contributed by atoms with Crippen molar-refractivity contribution in [3.63, 3.8) is 0 Å². The third kappa shape index (κ3) is 5.39. The van der Waals surface area contributed by atoms with Gasteiger partial charge in [-0.1, -0.05) is 77.8 Å². The molecule has 1 aliphatic rings. The van der Waals surface area contributed by atoms with Crippen LogP contribution in [0.15, 0.2) is 66.7 Å². The molecule has 9 heteroatoms. The number of methoxy groups -OCH3 is 1. The van der Waals surface area contributed by atoms with E-state index in [-0.39, 0.29) is 5.97 Å². The molecule has 1 amide bonds. The van der Waals surface area contributed by atoms with Gasteiger partial charge in [-0.2, -0.15) is 4.37 Å². The normalized spacial score (nSPS) is 14.4. The van der Waals surface area contributed by atoms with E-state index in [4.69, 9.17) is 32.7 Å². The maximum Gasteiger partial charge on any atom is 0.412 e. The van der Waals surface area contributed by atoms with Gasteiger partial charge in [0.25, 0.3) is 0 Å². The molecule has 0 spiro atoms. The number of amides is 1. The summed E-state index contributed by atoms with van der Waals surface area (Å²) in [5.74, 6) is -0.243. The Bertz CT molecular complexity index is 1550. The molecule has 0 unspecified atom stereocenters. The third-order valence-electron chi connectivity index (χ3n) is 7.01. The number of esters is 1. The number of rotatable bonds is 7. The number of nitrogens with zero attached hydrogens (tertiary/aromatic N) is 1. The lowest BCUT2D eigenvalue weighted by atomic mass is 9.93. The van der Waals surface area contributed by atoms with E-state index in [0.717, 1.165) is 45.5 Å². The first-order valence-electron chi connectivity index (χ1n) is 12.4. The van der Waals surface area contributed by atoms with Crippen LogP contribution in [0, 0.1) is 6.92 Å². The van der Waals surface area contributed by atoms with Gasteiger partial charge in [-0.05, 0) is 72.6 Å². The molecule has 1 aromatic heterocycles. The highest BCUT2D eigenvalue weighted by Gasteiger charge is 2.53. The molecular formula is C30H26Cl2N2O4S. The number of carbonyl (C=O) groups is 2. The fraction of sp³-hybridized carbons (Fsp3) is 0.233. The number of aryl methyl sites for hydroxylation is 1. The van der Waals surface area contributed by atoms with E-state index in [1.54, 1.807) is 13.0 Å². The van der Waals surface area contributed by atoms with Gasteiger partial charge < -0.3 is 9.47 Å². The highest BCUT2D eigenvalue weighted by atomic mass is 35.5. The van der Waals surface area contributed by atoms with E-state index < -0.39 is 17.6 Å². The number of halogens is 2. The van der Waals surface area contributed by atoms with Crippen LogP contribution in [0.4, 0.5) is 10.5 Å². The second-order valence-electron chi connectivity index (χ2n) is 9.51. The lowest BCUT2D eigenvalue weighted by Crippen LogP contribution is -2.22. The molecule has 0 bridgehead atoms. The predicted octanol–water partition coefficient (Wildman–Crippen LogP) is 8.61. The summed E-state index contributed by atoms with van der Waals surface area (Å²) in [5, 5.41) is 3.95. The molecule has 0 radical (unpaired) electrons. The summed E-state index contributed by atoms with van der Waals surface area (Å²) in [6, 6.07) is 21.0. The minimum Gasteiger partial charge on any atom is -0.468 e. The minimum absolute atomic E-state index is 0.243. The average molecular weight is 582 g/mol. The molecule has 4 aromatic rings. The maximum absolute atomic E-state index is 12.7. The fourth-order valence-corrected chi connectivity index (χ4v) is 6.18. The van der Waals surface area contributed by atoms with Gasteiger partial charge >= 0.3 is 12.1 Å². The molecule has 1 N–H and O–H groups in total. The molecule has 3 aromatic carbocycles. The third-order valence-corrected chi connectivity index (χ3v) is 8.65. The predicted molar refractivity (Wildman–Crippen MR) is 156 cm³/mol. The van der Waals surface area contributed by atoms with E-state index in [0.29, 0.717) is 21.4 Å². The number of hydrogen-bond acceptors (Lipinski definition) is 6. The van der Waals surface area contributed by atoms with E-state index in [1.807, 2.05) is 67.6 Å². The Morgan fingerprint density at radius 1 is 0.974 bits per heavy atom. The van der Waals surface area contributed by atoms with Gasteiger partial charge in [0.2, 0.25) is 0 Å². The Hall–Kier alpha value is -3.39. The van der Waals surface area contributed by atoms with E-state index in [1.165, 1.54) is 18.6 Å². The highest BCUT2D eigenvalue weighted by molar-refractivity contribution is 7.10. The summed E-state index contributed by atoms with van der Waals surface area (Å²) in [6.07, 6.45) is 0.377. The zero-order chi connectivity index (χ0) is 27.7. The highest BCUT2D eigenvalue weighted by Crippen LogP contribution is 2.52. The molecule has 200 valence electrons. The van der Waals surface area contributed by atoms with Crippen molar-refractivity contribution in [2.75, 3.05) is 12.4 Å². The van der Waals surface area contributed by atoms with Gasteiger partial charge in [0.15, 0.2) is 0 Å². The summed E-state index contributed by atoms with van der Waals surface area (Å²) >= 11 is 14.2. The molecule has 1 heterocycles. The molecule has 5 rings (SSSR count). The summed E-state index contributed by atoms with van der Waals surface area (Å²) in [7, 11) is 1.40. The smallest absolute Gasteiger partial charge is 0.412 e. The van der Waals surface area contributed by atoms with Crippen LogP contribution < -0.4 is 5.32 Å². The van der Waals surface area contributed by atoms with Crippen molar-refractivity contribution in [1.82, 2.24) is 4.37 Å². The zero-order valence-corrected chi connectivity index (χ0v) is 23.9. The largest absolute Gasteiger partial charge is 0.468 e. The van der Waals surface area contributed by atoms with Crippen LogP contribution in [0.1, 0.15) is 42.7 Å². The first-order chi connectivity index (χ1) is 18.7. The molecular weight excluding hydrogens is 555 g/mol. The molecule has 0 saturated heterocycles. The number of benzene rings is 3. The van der Waals surface area contributed by atoms with Gasteiger partial charge in [-0.3, -0.25) is 10.1 Å². The van der Waals surface area contributed by atoms with Crippen LogP contribution in [0.2, 0.25) is 10.0 Å². The Labute approximate surface area is 241 Å². The number of anilines is 1. The first-order valence-corrected chi connectivity index (χ1v) is 13.9. The quantitative estimate of drug-likeness (QED) is 0.221. The molecule has 1 saturated carbocycles. The van der Waals surface area contributed by atoms with Crippen molar-refractivity contribution in [3.05, 3.63) is 93.6 Å². The van der Waals surface area contributed by atoms with Crippen molar-refractivity contribution >= 4 is 52.5 Å². The second-order valence-corrected chi connectivity index (χ2v) is 11.1. The number of hydrogen-bond donors (Lipinski definition) is 1. The van der Waals surface area contributed by atoms with Crippen molar-refractivity contribution in [3.8, 4) is 21.6 Å². The Morgan fingerprint density at radius 3 is 2.28 bits per heavy atom. The summed E-state index contributed by atoms with van der Waals surface area (Å²) in [4.78, 5) is 25.8. The van der Waals surface area contributed by atoms with Crippen LogP contribution in [0.5, 0.6) is 0 Å². The maximum atomic E-state index is 12.7. The van der Waals surface area contributed by atoms with E-state index in [9.17, 15) is 9.59 Å². The SMILES string of the molecule is COC(=O)C1(c2ccc(-c3ccc(-c4snc(C)c4NC(=O)O[C@H](C)c4ccccc4Cl)cc3)cc2Cl)CC1. The monoisotopic (exact) mass is 580 g/mol. The Kier molecular flexibility index (Phi) is 7.67. The average Bonchev–Trinajstić information content (AvgIpc) is 3.66. The molecule has 1 atom stereocenters. The summed E-state index contributed by atoms with van der Waals surface area (Å²) in [6.45, 7) is 3.61. The topological polar surface area (TPSA) is 77.5 Å². The second kappa shape index (κ2) is 11.0. The Balaban J connectivity index is 1.32. The Morgan fingerprint density at radius 2 is 1.64 bits per heavy atom. The minimum atomic E-state index is -0.617. The van der Waals surface area contributed by atoms with Crippen LogP contribution in [0.25, 0.3) is 21.6 Å². The molecule has 6 nitrogen and oxygen atoms in total. The van der Waals surface area contributed by atoms with Gasteiger partial charge in [0, 0.05) is 15.6 Å². The molecule has 1 aliphatic carbocycles. The van der Waals surface area contributed by atoms with Crippen LogP contribution in [-0.4, -0.2) is 23.5 Å². The van der Waals surface area contributed by atoms with Crippen LogP contribution >= 0.6 is 34.7 Å². The number of aromatic nitrogens is 1. The lowest BCUT2D eigenvalue weighted by Gasteiger charge is -2.16. The van der Waals surface area contributed by atoms with Crippen molar-refractivity contribution in [2.45, 2.75) is 38.2 Å². The zero-order valence-electron chi connectivity index (χ0n) is 21.6. The molecule has 1 fully saturated rings. The van der Waals surface area contributed by atoms with Crippen molar-refractivity contribution in [1.29, 1.82) is 0 Å². The fourth-order valence-electron chi connectivity index (χ4n) is 4.67. The lowest BCUT2D eigenvalue weighted by molar-refractivity contribution is -0.143. The standard InChI is InChI=1S/C30H26Cl2N2O4S/c1-17-26(33-29(36)38-18(2)22-6-4-5-7-24(22)31)27(39-34-17)20-10-8-19(9-11-20)21-12-13-23(25(32)16-21)30(14-15-30)28(35)37-3/h4-13,16,18H,14-15H2,1-3H3,(H,33,36)/t18-/m1/s1. The van der Waals surface area contributed by atoms with Crippen molar-refractivity contribution in [2.24, 2.45) is 0 Å². The van der Waals surface area contributed by atoms with E-state index in [2.05, 4.69) is 9.69 Å². The first kappa shape index (κ1) is 27.2. The van der Waals surface area contributed by atoms with Gasteiger partial charge in [0.1, 0.15) is 6.10 Å². The van der Waals surface area contributed by atoms with Crippen LogP contribution in [-0.2, 0) is 19.7 Å².